The summed E-state index contributed by atoms with van der Waals surface area (Å²) >= 11 is 6.19. The highest BCUT2D eigenvalue weighted by atomic mass is 35.5. The van der Waals surface area contributed by atoms with Gasteiger partial charge in [-0.15, -0.1) is 0 Å². The normalized spacial score (nSPS) is 26.9. The summed E-state index contributed by atoms with van der Waals surface area (Å²) < 4.78 is 0. The zero-order valence-corrected chi connectivity index (χ0v) is 13.8. The lowest BCUT2D eigenvalue weighted by atomic mass is 9.86. The second kappa shape index (κ2) is 6.04. The van der Waals surface area contributed by atoms with Gasteiger partial charge >= 0.3 is 0 Å². The van der Waals surface area contributed by atoms with Gasteiger partial charge in [0.2, 0.25) is 0 Å². The van der Waals surface area contributed by atoms with Crippen LogP contribution in [0.4, 0.5) is 0 Å². The molecule has 0 aromatic heterocycles. The van der Waals surface area contributed by atoms with Crippen molar-refractivity contribution in [1.82, 2.24) is 5.32 Å². The van der Waals surface area contributed by atoms with E-state index in [1.165, 1.54) is 11.1 Å². The number of aliphatic hydroxyl groups is 1. The lowest BCUT2D eigenvalue weighted by molar-refractivity contribution is -0.0391. The molecule has 2 aromatic rings. The van der Waals surface area contributed by atoms with Crippen molar-refractivity contribution in [2.24, 2.45) is 5.92 Å². The molecule has 2 N–H and O–H groups in total. The average molecular weight is 316 g/mol. The molecule has 22 heavy (non-hydrogen) atoms. The van der Waals surface area contributed by atoms with Crippen LogP contribution in [0.5, 0.6) is 0 Å². The molecule has 0 fully saturated rings. The second-order valence-electron chi connectivity index (χ2n) is 6.17. The largest absolute Gasteiger partial charge is 0.371 e. The Hall–Kier alpha value is -1.35. The molecule has 0 aliphatic heterocycles. The molecule has 1 aliphatic rings. The van der Waals surface area contributed by atoms with Gasteiger partial charge in [-0.05, 0) is 49.1 Å². The molecule has 116 valence electrons. The predicted molar refractivity (Wildman–Crippen MR) is 91.1 cm³/mol. The maximum atomic E-state index is 11.0. The second-order valence-corrected chi connectivity index (χ2v) is 6.60. The van der Waals surface area contributed by atoms with E-state index < -0.39 is 5.72 Å². The predicted octanol–water partition coefficient (Wildman–Crippen LogP) is 4.07. The maximum absolute atomic E-state index is 11.0. The Bertz CT molecular complexity index is 658. The Morgan fingerprint density at radius 2 is 1.91 bits per heavy atom. The Morgan fingerprint density at radius 1 is 1.18 bits per heavy atom. The van der Waals surface area contributed by atoms with E-state index in [4.69, 9.17) is 11.6 Å². The Labute approximate surface area is 137 Å². The van der Waals surface area contributed by atoms with Crippen molar-refractivity contribution < 1.29 is 5.11 Å². The molecule has 3 atom stereocenters. The third kappa shape index (κ3) is 2.56. The lowest BCUT2D eigenvalue weighted by Crippen LogP contribution is -2.43. The minimum Gasteiger partial charge on any atom is -0.371 e. The summed E-state index contributed by atoms with van der Waals surface area (Å²) in [7, 11) is 1.81. The van der Waals surface area contributed by atoms with E-state index in [1.807, 2.05) is 31.3 Å². The molecule has 0 radical (unpaired) electrons. The van der Waals surface area contributed by atoms with E-state index in [9.17, 15) is 5.11 Å². The van der Waals surface area contributed by atoms with Gasteiger partial charge in [-0.25, -0.2) is 0 Å². The number of benzene rings is 2. The molecular formula is C19H22ClNO. The van der Waals surface area contributed by atoms with Crippen molar-refractivity contribution in [2.45, 2.75) is 31.4 Å². The van der Waals surface area contributed by atoms with Gasteiger partial charge in [-0.2, -0.15) is 0 Å². The number of hydrogen-bond acceptors (Lipinski definition) is 2. The van der Waals surface area contributed by atoms with Crippen LogP contribution in [0.3, 0.4) is 0 Å². The van der Waals surface area contributed by atoms with Gasteiger partial charge in [-0.1, -0.05) is 54.9 Å². The minimum absolute atomic E-state index is 0.106. The highest BCUT2D eigenvalue weighted by Crippen LogP contribution is 2.49. The first-order chi connectivity index (χ1) is 10.6. The fraction of sp³-hybridized carbons (Fsp3) is 0.368. The van der Waals surface area contributed by atoms with Crippen LogP contribution in [-0.4, -0.2) is 12.2 Å². The number of fused-ring (bicyclic) bond motifs is 1. The van der Waals surface area contributed by atoms with Crippen molar-refractivity contribution in [2.75, 3.05) is 7.05 Å². The van der Waals surface area contributed by atoms with Gasteiger partial charge in [0.25, 0.3) is 0 Å². The Kier molecular flexibility index (Phi) is 4.26. The summed E-state index contributed by atoms with van der Waals surface area (Å²) in [5.74, 6) is 0.404. The zero-order valence-electron chi connectivity index (χ0n) is 13.0. The van der Waals surface area contributed by atoms with Crippen molar-refractivity contribution >= 4 is 11.6 Å². The van der Waals surface area contributed by atoms with E-state index in [0.717, 1.165) is 23.4 Å². The quantitative estimate of drug-likeness (QED) is 0.834. The molecule has 3 heteroatoms. The number of hydrogen-bond donors (Lipinski definition) is 2. The number of aryl methyl sites for hydroxylation is 1. The summed E-state index contributed by atoms with van der Waals surface area (Å²) in [6.45, 7) is 2.11. The summed E-state index contributed by atoms with van der Waals surface area (Å²) in [4.78, 5) is 0. The third-order valence-corrected chi connectivity index (χ3v) is 5.29. The summed E-state index contributed by atoms with van der Waals surface area (Å²) in [6.07, 6.45) is 2.00. The van der Waals surface area contributed by atoms with Crippen molar-refractivity contribution in [1.29, 1.82) is 0 Å². The molecule has 1 aliphatic carbocycles. The first-order valence-corrected chi connectivity index (χ1v) is 8.19. The first kappa shape index (κ1) is 15.5. The molecule has 2 aromatic carbocycles. The number of halogens is 1. The van der Waals surface area contributed by atoms with Crippen molar-refractivity contribution in [3.05, 3.63) is 70.2 Å². The summed E-state index contributed by atoms with van der Waals surface area (Å²) in [5.41, 5.74) is 2.50. The van der Waals surface area contributed by atoms with Crippen molar-refractivity contribution in [3.63, 3.8) is 0 Å². The fourth-order valence-corrected chi connectivity index (χ4v) is 3.91. The highest BCUT2D eigenvalue weighted by Gasteiger charge is 2.47. The molecule has 0 bridgehead atoms. The summed E-state index contributed by atoms with van der Waals surface area (Å²) in [5, 5.41) is 14.9. The Balaban J connectivity index is 1.90. The van der Waals surface area contributed by atoms with Gasteiger partial charge in [0.05, 0.1) is 0 Å². The van der Waals surface area contributed by atoms with Gasteiger partial charge in [-0.3, -0.25) is 5.32 Å². The fourth-order valence-electron chi connectivity index (χ4n) is 3.73. The summed E-state index contributed by atoms with van der Waals surface area (Å²) in [6, 6.07) is 16.3. The molecule has 3 unspecified atom stereocenters. The topological polar surface area (TPSA) is 32.3 Å². The number of rotatable bonds is 4. The van der Waals surface area contributed by atoms with E-state index in [2.05, 4.69) is 36.5 Å². The molecular weight excluding hydrogens is 294 g/mol. The molecule has 3 rings (SSSR count). The molecule has 0 heterocycles. The molecule has 2 nitrogen and oxygen atoms in total. The van der Waals surface area contributed by atoms with E-state index >= 15 is 0 Å². The molecule has 0 saturated carbocycles. The van der Waals surface area contributed by atoms with E-state index in [0.29, 0.717) is 5.92 Å². The lowest BCUT2D eigenvalue weighted by Gasteiger charge is -2.30. The smallest absolute Gasteiger partial charge is 0.145 e. The minimum atomic E-state index is -0.971. The van der Waals surface area contributed by atoms with E-state index in [-0.39, 0.29) is 5.92 Å². The van der Waals surface area contributed by atoms with Crippen LogP contribution in [-0.2, 0) is 12.1 Å². The van der Waals surface area contributed by atoms with Gasteiger partial charge < -0.3 is 5.11 Å². The average Bonchev–Trinajstić information content (AvgIpc) is 2.75. The maximum Gasteiger partial charge on any atom is 0.145 e. The van der Waals surface area contributed by atoms with Crippen LogP contribution in [0.15, 0.2) is 48.5 Å². The van der Waals surface area contributed by atoms with Crippen LogP contribution in [0.25, 0.3) is 0 Å². The zero-order chi connectivity index (χ0) is 15.7. The standard InChI is InChI=1S/C19H22ClNO/c1-13-16(10-8-14-6-4-3-5-7-14)17-12-15(20)9-11-18(17)19(13,22)21-2/h3-7,9,11-13,16,21-22H,8,10H2,1-2H3. The van der Waals surface area contributed by atoms with Crippen LogP contribution in [0.2, 0.25) is 5.02 Å². The SMILES string of the molecule is CNC1(O)c2ccc(Cl)cc2C(CCc2ccccc2)C1C. The van der Waals surface area contributed by atoms with Crippen molar-refractivity contribution in [3.8, 4) is 0 Å². The van der Waals surface area contributed by atoms with Crippen LogP contribution < -0.4 is 5.32 Å². The molecule has 0 saturated heterocycles. The third-order valence-electron chi connectivity index (χ3n) is 5.05. The van der Waals surface area contributed by atoms with Crippen LogP contribution >= 0.6 is 11.6 Å². The highest BCUT2D eigenvalue weighted by molar-refractivity contribution is 6.30. The number of nitrogens with one attached hydrogen (secondary N) is 1. The van der Waals surface area contributed by atoms with E-state index in [1.54, 1.807) is 0 Å². The van der Waals surface area contributed by atoms with Gasteiger partial charge in [0.1, 0.15) is 5.72 Å². The molecule has 0 spiro atoms. The Morgan fingerprint density at radius 3 is 2.59 bits per heavy atom. The molecule has 0 amide bonds. The van der Waals surface area contributed by atoms with Crippen LogP contribution in [0.1, 0.15) is 36.0 Å². The van der Waals surface area contributed by atoms with Gasteiger partial charge in [0.15, 0.2) is 0 Å². The van der Waals surface area contributed by atoms with Gasteiger partial charge in [0, 0.05) is 16.5 Å². The first-order valence-electron chi connectivity index (χ1n) is 7.81. The monoisotopic (exact) mass is 315 g/mol. The van der Waals surface area contributed by atoms with Crippen LogP contribution in [0, 0.1) is 5.92 Å².